The number of aliphatic hydroxyl groups is 1. The van der Waals surface area contributed by atoms with Gasteiger partial charge in [0.25, 0.3) is 5.88 Å². The topological polar surface area (TPSA) is 167 Å². The number of ether oxygens (including phenoxy) is 3. The van der Waals surface area contributed by atoms with Crippen molar-refractivity contribution in [2.45, 2.75) is 31.7 Å². The number of β-amino-alcohol motifs (C(OH)–C–C–N with tert-alkyl or cyclic N) is 1. The smallest absolute Gasteiger partial charge is 0.328 e. The number of carbonyl (C=O) groups is 1. The number of aromatic hydroxyl groups is 1. The molecule has 3 unspecified atom stereocenters. The van der Waals surface area contributed by atoms with Crippen LogP contribution in [-0.2, 0) is 9.53 Å². The molecule has 1 fully saturated rings. The Morgan fingerprint density at radius 2 is 1.98 bits per heavy atom. The third kappa shape index (κ3) is 6.05. The van der Waals surface area contributed by atoms with Gasteiger partial charge in [0.2, 0.25) is 11.6 Å². The normalized spacial score (nSPS) is 19.9. The van der Waals surface area contributed by atoms with Gasteiger partial charge in [-0.15, -0.1) is 0 Å². The molecule has 1 saturated heterocycles. The molecule has 0 aliphatic carbocycles. The molecule has 0 spiro atoms. The van der Waals surface area contributed by atoms with Crippen LogP contribution < -0.4 is 20.1 Å². The standard InChI is InChI=1S/C29H30F2N6O6/c1-3-41-29(40)20-12-17(38)14-37(20)16-5-7-22(18(11-16)27-34-8-9-36(27)2)42-25-19(30)13-35-28(24(25)31)43-23-10-15(26(32)33)4-6-21(23)39/h4-8,10-11,13,17,20,27,38-39H,3,9,12,14H2,1-2H3,(H3,32,33). The van der Waals surface area contributed by atoms with Crippen molar-refractivity contribution in [1.82, 2.24) is 9.88 Å². The zero-order chi connectivity index (χ0) is 30.8. The van der Waals surface area contributed by atoms with Gasteiger partial charge in [0.05, 0.1) is 18.9 Å². The molecule has 2 aliphatic heterocycles. The summed E-state index contributed by atoms with van der Waals surface area (Å²) in [5.41, 5.74) is 6.70. The fraction of sp³-hybridized carbons (Fsp3) is 0.310. The Morgan fingerprint density at radius 1 is 1.19 bits per heavy atom. The maximum absolute atomic E-state index is 15.6. The molecule has 3 aromatic rings. The minimum Gasteiger partial charge on any atom is -0.504 e. The van der Waals surface area contributed by atoms with Crippen LogP contribution in [0.3, 0.4) is 0 Å². The van der Waals surface area contributed by atoms with Crippen molar-refractivity contribution in [2.24, 2.45) is 10.7 Å². The summed E-state index contributed by atoms with van der Waals surface area (Å²) in [4.78, 5) is 24.4. The van der Waals surface area contributed by atoms with E-state index in [0.717, 1.165) is 0 Å². The molecule has 5 N–H and O–H groups in total. The highest BCUT2D eigenvalue weighted by Gasteiger charge is 2.38. The minimum absolute atomic E-state index is 0.0726. The first-order valence-corrected chi connectivity index (χ1v) is 13.4. The predicted molar refractivity (Wildman–Crippen MR) is 152 cm³/mol. The van der Waals surface area contributed by atoms with Crippen molar-refractivity contribution in [1.29, 1.82) is 5.41 Å². The Kier molecular flexibility index (Phi) is 8.41. The Labute approximate surface area is 245 Å². The van der Waals surface area contributed by atoms with Gasteiger partial charge in [-0.3, -0.25) is 15.3 Å². The molecule has 43 heavy (non-hydrogen) atoms. The molecule has 5 rings (SSSR count). The number of nitrogens with two attached hydrogens (primary N) is 1. The zero-order valence-corrected chi connectivity index (χ0v) is 23.3. The number of rotatable bonds is 9. The highest BCUT2D eigenvalue weighted by Crippen LogP contribution is 2.41. The van der Waals surface area contributed by atoms with E-state index in [4.69, 9.17) is 25.4 Å². The Morgan fingerprint density at radius 3 is 2.67 bits per heavy atom. The predicted octanol–water partition coefficient (Wildman–Crippen LogP) is 3.45. The summed E-state index contributed by atoms with van der Waals surface area (Å²) < 4.78 is 47.0. The van der Waals surface area contributed by atoms with Crippen molar-refractivity contribution >= 4 is 23.7 Å². The summed E-state index contributed by atoms with van der Waals surface area (Å²) in [5.74, 6) is -5.25. The van der Waals surface area contributed by atoms with Crippen LogP contribution in [0.2, 0.25) is 0 Å². The molecule has 0 amide bonds. The summed E-state index contributed by atoms with van der Waals surface area (Å²) in [6, 6.07) is 7.90. The fourth-order valence-corrected chi connectivity index (χ4v) is 4.95. The molecule has 3 heterocycles. The Balaban J connectivity index is 1.51. The number of aliphatic hydroxyl groups excluding tert-OH is 1. The van der Waals surface area contributed by atoms with Crippen LogP contribution >= 0.6 is 0 Å². The number of nitrogens with one attached hydrogen (secondary N) is 1. The number of esters is 1. The number of amidine groups is 1. The monoisotopic (exact) mass is 596 g/mol. The number of benzene rings is 2. The number of nitrogen functional groups attached to an aromatic ring is 1. The lowest BCUT2D eigenvalue weighted by Gasteiger charge is -2.27. The number of hydrogen-bond acceptors (Lipinski definition) is 11. The fourth-order valence-electron chi connectivity index (χ4n) is 4.95. The number of phenols is 1. The van der Waals surface area contributed by atoms with E-state index < -0.39 is 47.5 Å². The second-order valence-electron chi connectivity index (χ2n) is 10.0. The van der Waals surface area contributed by atoms with Crippen LogP contribution in [0.1, 0.15) is 30.6 Å². The zero-order valence-electron chi connectivity index (χ0n) is 23.3. The number of pyridine rings is 1. The van der Waals surface area contributed by atoms with Gasteiger partial charge >= 0.3 is 5.97 Å². The Hall–Kier alpha value is -4.82. The van der Waals surface area contributed by atoms with Crippen molar-refractivity contribution in [3.8, 4) is 28.9 Å². The molecule has 2 aromatic carbocycles. The number of nitrogens with zero attached hydrogens (tertiary/aromatic N) is 4. The molecule has 1 aromatic heterocycles. The molecule has 0 saturated carbocycles. The van der Waals surface area contributed by atoms with E-state index in [1.165, 1.54) is 24.3 Å². The number of carbonyl (C=O) groups excluding carboxylic acids is 1. The summed E-state index contributed by atoms with van der Waals surface area (Å²) in [7, 11) is 1.82. The van der Waals surface area contributed by atoms with Gasteiger partial charge in [0.1, 0.15) is 23.8 Å². The first-order valence-electron chi connectivity index (χ1n) is 13.4. The van der Waals surface area contributed by atoms with Crippen molar-refractivity contribution < 1.29 is 38.0 Å². The van der Waals surface area contributed by atoms with Crippen LogP contribution in [0.15, 0.2) is 47.6 Å². The number of halogens is 2. The van der Waals surface area contributed by atoms with E-state index in [9.17, 15) is 19.4 Å². The van der Waals surface area contributed by atoms with Crippen LogP contribution in [0.5, 0.6) is 28.9 Å². The summed E-state index contributed by atoms with van der Waals surface area (Å²) in [5, 5.41) is 28.1. The van der Waals surface area contributed by atoms with Crippen LogP contribution in [0, 0.1) is 17.0 Å². The molecular weight excluding hydrogens is 566 g/mol. The highest BCUT2D eigenvalue weighted by atomic mass is 19.1. The lowest BCUT2D eigenvalue weighted by Crippen LogP contribution is -2.37. The number of anilines is 1. The molecule has 0 radical (unpaired) electrons. The molecular formula is C29H30F2N6O6. The van der Waals surface area contributed by atoms with Gasteiger partial charge in [-0.2, -0.15) is 4.39 Å². The van der Waals surface area contributed by atoms with E-state index in [1.807, 2.05) is 11.9 Å². The number of phenolic OH excluding ortho intramolecular Hbond substituents is 1. The molecule has 14 heteroatoms. The summed E-state index contributed by atoms with van der Waals surface area (Å²) in [6.45, 7) is 2.58. The third-order valence-electron chi connectivity index (χ3n) is 7.06. The first kappa shape index (κ1) is 29.7. The van der Waals surface area contributed by atoms with Crippen molar-refractivity contribution in [3.05, 3.63) is 65.4 Å². The number of aliphatic imine (C=N–C) groups is 1. The first-order chi connectivity index (χ1) is 20.6. The van der Waals surface area contributed by atoms with Crippen molar-refractivity contribution in [3.63, 3.8) is 0 Å². The second-order valence-corrected chi connectivity index (χ2v) is 10.0. The van der Waals surface area contributed by atoms with Crippen LogP contribution in [0.4, 0.5) is 14.5 Å². The molecule has 0 bridgehead atoms. The van der Waals surface area contributed by atoms with E-state index >= 15 is 4.39 Å². The van der Waals surface area contributed by atoms with Crippen molar-refractivity contribution in [2.75, 3.05) is 31.6 Å². The number of hydrogen-bond donors (Lipinski definition) is 4. The molecule has 226 valence electrons. The number of aromatic nitrogens is 1. The van der Waals surface area contributed by atoms with Gasteiger partial charge in [-0.1, -0.05) is 0 Å². The minimum atomic E-state index is -1.28. The van der Waals surface area contributed by atoms with Gasteiger partial charge in [0.15, 0.2) is 17.3 Å². The summed E-state index contributed by atoms with van der Waals surface area (Å²) in [6.07, 6.45) is 1.27. The summed E-state index contributed by atoms with van der Waals surface area (Å²) >= 11 is 0. The maximum atomic E-state index is 15.6. The van der Waals surface area contributed by atoms with Gasteiger partial charge < -0.3 is 35.1 Å². The second kappa shape index (κ2) is 12.2. The largest absolute Gasteiger partial charge is 0.504 e. The van der Waals surface area contributed by atoms with Gasteiger partial charge in [-0.05, 0) is 50.4 Å². The third-order valence-corrected chi connectivity index (χ3v) is 7.06. The van der Waals surface area contributed by atoms with Crippen LogP contribution in [-0.4, -0.2) is 77.0 Å². The Bertz CT molecular complexity index is 1590. The SMILES string of the molecule is CCOC(=O)C1CC(O)CN1c1ccc(Oc2c(F)cnc(Oc3cc(C(=N)N)ccc3O)c2F)c(C2N=CCN2C)c1. The quantitative estimate of drug-likeness (QED) is 0.163. The average molecular weight is 597 g/mol. The van der Waals surface area contributed by atoms with E-state index in [1.54, 1.807) is 30.2 Å². The lowest BCUT2D eigenvalue weighted by atomic mass is 10.1. The van der Waals surface area contributed by atoms with E-state index in [0.29, 0.717) is 24.0 Å². The van der Waals surface area contributed by atoms with Gasteiger partial charge in [-0.25, -0.2) is 14.2 Å². The molecule has 2 aliphatic rings. The maximum Gasteiger partial charge on any atom is 0.328 e. The van der Waals surface area contributed by atoms with Crippen LogP contribution in [0.25, 0.3) is 0 Å². The molecule has 3 atom stereocenters. The molecule has 12 nitrogen and oxygen atoms in total. The average Bonchev–Trinajstić information content (AvgIpc) is 3.59. The van der Waals surface area contributed by atoms with E-state index in [2.05, 4.69) is 9.98 Å². The van der Waals surface area contributed by atoms with E-state index in [-0.39, 0.29) is 48.2 Å². The highest BCUT2D eigenvalue weighted by molar-refractivity contribution is 5.95. The lowest BCUT2D eigenvalue weighted by molar-refractivity contribution is -0.144. The van der Waals surface area contributed by atoms with Gasteiger partial charge in [0, 0.05) is 42.5 Å².